The van der Waals surface area contributed by atoms with Gasteiger partial charge >= 0.3 is 89.6 Å². The molecule has 0 amide bonds. The molecule has 1 atom stereocenters. The Kier molecular flexibility index (Phi) is 2.88. The first-order valence-corrected chi connectivity index (χ1v) is 7.13. The van der Waals surface area contributed by atoms with Crippen LogP contribution in [-0.4, -0.2) is 20.9 Å². The molecule has 0 aromatic heterocycles. The van der Waals surface area contributed by atoms with Gasteiger partial charge in [0.15, 0.2) is 0 Å². The van der Waals surface area contributed by atoms with Crippen LogP contribution in [0.2, 0.25) is 0 Å². The Balaban J connectivity index is 2.37. The zero-order chi connectivity index (χ0) is 9.10. The molecule has 0 saturated carbocycles. The van der Waals surface area contributed by atoms with E-state index < -0.39 is 0 Å². The molecule has 0 nitrogen and oxygen atoms in total. The van der Waals surface area contributed by atoms with Crippen molar-refractivity contribution in [3.8, 4) is 0 Å². The maximum atomic E-state index is 3.82. The summed E-state index contributed by atoms with van der Waals surface area (Å²) in [6.45, 7) is 3.82. The SMILES string of the molecule is C=CCC1[Te]C=Cc2ccccc21. The van der Waals surface area contributed by atoms with Crippen molar-refractivity contribution in [3.63, 3.8) is 0 Å². The van der Waals surface area contributed by atoms with Crippen molar-refractivity contribution >= 4 is 27.0 Å². The van der Waals surface area contributed by atoms with Gasteiger partial charge < -0.3 is 0 Å². The summed E-state index contributed by atoms with van der Waals surface area (Å²) in [5, 5.41) is 0. The van der Waals surface area contributed by atoms with Crippen molar-refractivity contribution in [2.24, 2.45) is 0 Å². The van der Waals surface area contributed by atoms with Crippen LogP contribution >= 0.6 is 0 Å². The Hall–Kier alpha value is -0.510. The maximum absolute atomic E-state index is 3.82. The molecule has 0 spiro atoms. The molecule has 66 valence electrons. The summed E-state index contributed by atoms with van der Waals surface area (Å²) in [5.41, 5.74) is 2.94. The van der Waals surface area contributed by atoms with E-state index in [9.17, 15) is 0 Å². The second-order valence-electron chi connectivity index (χ2n) is 3.08. The van der Waals surface area contributed by atoms with Gasteiger partial charge in [-0.15, -0.1) is 0 Å². The van der Waals surface area contributed by atoms with Crippen molar-refractivity contribution in [1.29, 1.82) is 0 Å². The minimum atomic E-state index is 0.0281. The normalized spacial score (nSPS) is 19.5. The monoisotopic (exact) mass is 286 g/mol. The summed E-state index contributed by atoms with van der Waals surface area (Å²) in [4.78, 5) is 0. The van der Waals surface area contributed by atoms with E-state index in [1.807, 2.05) is 6.08 Å². The summed E-state index contributed by atoms with van der Waals surface area (Å²) in [5.74, 6) is 0. The van der Waals surface area contributed by atoms with Crippen LogP contribution < -0.4 is 0 Å². The molecule has 0 fully saturated rings. The summed E-state index contributed by atoms with van der Waals surface area (Å²) in [7, 11) is 0. The Morgan fingerprint density at radius 1 is 1.38 bits per heavy atom. The van der Waals surface area contributed by atoms with Gasteiger partial charge in [-0.25, -0.2) is 0 Å². The fourth-order valence-electron chi connectivity index (χ4n) is 1.57. The molecule has 1 unspecified atom stereocenters. The van der Waals surface area contributed by atoms with Crippen LogP contribution in [0.5, 0.6) is 0 Å². The van der Waals surface area contributed by atoms with E-state index in [0.29, 0.717) is 0 Å². The van der Waals surface area contributed by atoms with Crippen LogP contribution in [0.15, 0.2) is 41.0 Å². The van der Waals surface area contributed by atoms with Crippen LogP contribution in [0.25, 0.3) is 6.08 Å². The third-order valence-corrected chi connectivity index (χ3v) is 5.26. The average molecular weight is 284 g/mol. The quantitative estimate of drug-likeness (QED) is 0.578. The molecule has 0 bridgehead atoms. The third-order valence-electron chi connectivity index (χ3n) is 2.21. The van der Waals surface area contributed by atoms with Crippen molar-refractivity contribution in [2.75, 3.05) is 0 Å². The number of benzene rings is 1. The van der Waals surface area contributed by atoms with Gasteiger partial charge in [0.1, 0.15) is 0 Å². The van der Waals surface area contributed by atoms with E-state index in [-0.39, 0.29) is 20.9 Å². The Bertz CT molecular complexity index is 339. The van der Waals surface area contributed by atoms with Gasteiger partial charge in [-0.05, 0) is 0 Å². The predicted molar refractivity (Wildman–Crippen MR) is 58.8 cm³/mol. The van der Waals surface area contributed by atoms with Crippen molar-refractivity contribution in [1.82, 2.24) is 0 Å². The van der Waals surface area contributed by atoms with E-state index in [4.69, 9.17) is 0 Å². The van der Waals surface area contributed by atoms with Gasteiger partial charge in [0.25, 0.3) is 0 Å². The Morgan fingerprint density at radius 3 is 3.08 bits per heavy atom. The molecule has 1 aliphatic heterocycles. The zero-order valence-corrected chi connectivity index (χ0v) is 9.77. The van der Waals surface area contributed by atoms with Gasteiger partial charge in [-0.2, -0.15) is 0 Å². The topological polar surface area (TPSA) is 0 Å². The molecule has 1 aromatic rings. The predicted octanol–water partition coefficient (Wildman–Crippen LogP) is 2.99. The molecular weight excluding hydrogens is 272 g/mol. The van der Waals surface area contributed by atoms with Gasteiger partial charge in [-0.3, -0.25) is 0 Å². The third kappa shape index (κ3) is 1.88. The summed E-state index contributed by atoms with van der Waals surface area (Å²) in [6.07, 6.45) is 5.46. The number of allylic oxidation sites excluding steroid dienone is 1. The second kappa shape index (κ2) is 4.13. The van der Waals surface area contributed by atoms with E-state index in [2.05, 4.69) is 41.0 Å². The minimum absolute atomic E-state index is 0.0281. The van der Waals surface area contributed by atoms with Crippen LogP contribution in [0.3, 0.4) is 0 Å². The van der Waals surface area contributed by atoms with Gasteiger partial charge in [0.2, 0.25) is 0 Å². The second-order valence-corrected chi connectivity index (χ2v) is 6.26. The first-order valence-electron chi connectivity index (χ1n) is 4.43. The fourth-order valence-corrected chi connectivity index (χ4v) is 4.49. The average Bonchev–Trinajstić information content (AvgIpc) is 2.19. The molecule has 0 aliphatic carbocycles. The zero-order valence-electron chi connectivity index (χ0n) is 7.44. The number of fused-ring (bicyclic) bond motifs is 1. The molecule has 0 radical (unpaired) electrons. The molecular formula is C12H12Te. The van der Waals surface area contributed by atoms with Crippen molar-refractivity contribution in [3.05, 3.63) is 52.2 Å². The molecule has 2 rings (SSSR count). The number of rotatable bonds is 2. The summed E-state index contributed by atoms with van der Waals surface area (Å²) < 4.78 is 3.17. The van der Waals surface area contributed by atoms with Crippen LogP contribution in [-0.2, 0) is 0 Å². The van der Waals surface area contributed by atoms with Gasteiger partial charge in [0, 0.05) is 0 Å². The van der Waals surface area contributed by atoms with E-state index in [1.54, 1.807) is 0 Å². The van der Waals surface area contributed by atoms with Crippen LogP contribution in [0, 0.1) is 0 Å². The summed E-state index contributed by atoms with van der Waals surface area (Å²) >= 11 is 0.0281. The summed E-state index contributed by atoms with van der Waals surface area (Å²) in [6, 6.07) is 8.72. The first kappa shape index (κ1) is 9.06. The molecule has 13 heavy (non-hydrogen) atoms. The molecule has 1 aliphatic rings. The van der Waals surface area contributed by atoms with Crippen LogP contribution in [0.1, 0.15) is 21.5 Å². The van der Waals surface area contributed by atoms with Gasteiger partial charge in [0.05, 0.1) is 0 Å². The van der Waals surface area contributed by atoms with E-state index >= 15 is 0 Å². The number of hydrogen-bond acceptors (Lipinski definition) is 0. The Labute approximate surface area is 89.4 Å². The van der Waals surface area contributed by atoms with Crippen molar-refractivity contribution in [2.45, 2.75) is 10.4 Å². The molecule has 0 saturated heterocycles. The first-order chi connectivity index (χ1) is 6.42. The molecule has 1 aromatic carbocycles. The molecule has 1 heteroatoms. The standard InChI is InChI=1S/C12H12Te/c1-2-5-12-11-7-4-3-6-10(11)8-9-13-12/h2-4,6-9,12H,1,5H2. The molecule has 0 N–H and O–H groups in total. The van der Waals surface area contributed by atoms with Gasteiger partial charge in [-0.1, -0.05) is 0 Å². The Morgan fingerprint density at radius 2 is 2.23 bits per heavy atom. The van der Waals surface area contributed by atoms with E-state index in [1.165, 1.54) is 11.1 Å². The van der Waals surface area contributed by atoms with E-state index in [0.717, 1.165) is 10.4 Å². The van der Waals surface area contributed by atoms with Crippen LogP contribution in [0.4, 0.5) is 0 Å². The number of hydrogen-bond donors (Lipinski definition) is 0. The molecule has 1 heterocycles. The fraction of sp³-hybridized carbons (Fsp3) is 0.167. The van der Waals surface area contributed by atoms with Crippen molar-refractivity contribution < 1.29 is 0 Å².